The fourth-order valence-electron chi connectivity index (χ4n) is 2.84. The molecule has 1 saturated heterocycles. The summed E-state index contributed by atoms with van der Waals surface area (Å²) in [5.41, 5.74) is 0.293. The summed E-state index contributed by atoms with van der Waals surface area (Å²) in [6.07, 6.45) is 0. The van der Waals surface area contributed by atoms with Gasteiger partial charge in [-0.2, -0.15) is 0 Å². The van der Waals surface area contributed by atoms with Gasteiger partial charge in [0.25, 0.3) is 11.6 Å². The molecule has 142 valence electrons. The number of nitro benzene ring substituents is 1. The number of nitrogens with zero attached hydrogens (tertiary/aromatic N) is 3. The van der Waals surface area contributed by atoms with Crippen molar-refractivity contribution in [1.29, 1.82) is 0 Å². The van der Waals surface area contributed by atoms with Crippen molar-refractivity contribution < 1.29 is 14.5 Å². The number of likely N-dealkylation sites (N-methyl/N-ethyl adjacent to an activating group) is 1. The van der Waals surface area contributed by atoms with Crippen LogP contribution in [0.5, 0.6) is 5.75 Å². The molecule has 0 bridgehead atoms. The molecular weight excluding hydrogens is 366 g/mol. The van der Waals surface area contributed by atoms with E-state index < -0.39 is 4.92 Å². The van der Waals surface area contributed by atoms with Crippen molar-refractivity contribution in [2.75, 3.05) is 40.3 Å². The summed E-state index contributed by atoms with van der Waals surface area (Å²) in [6, 6.07) is 12.0. The van der Waals surface area contributed by atoms with Crippen molar-refractivity contribution in [2.24, 2.45) is 0 Å². The van der Waals surface area contributed by atoms with Crippen molar-refractivity contribution in [1.82, 2.24) is 9.80 Å². The predicted molar refractivity (Wildman–Crippen MR) is 104 cm³/mol. The molecule has 1 amide bonds. The van der Waals surface area contributed by atoms with E-state index in [0.717, 1.165) is 23.7 Å². The average molecular weight is 387 g/mol. The van der Waals surface area contributed by atoms with Crippen LogP contribution in [0.3, 0.4) is 0 Å². The first kappa shape index (κ1) is 19.2. The van der Waals surface area contributed by atoms with E-state index in [2.05, 4.69) is 4.90 Å². The second-order valence-electron chi connectivity index (χ2n) is 6.31. The molecule has 8 heteroatoms. The zero-order valence-corrected chi connectivity index (χ0v) is 16.1. The van der Waals surface area contributed by atoms with Gasteiger partial charge in [0.05, 0.1) is 16.9 Å². The number of hydrogen-bond acceptors (Lipinski definition) is 6. The number of nitro groups is 1. The lowest BCUT2D eigenvalue weighted by molar-refractivity contribution is -0.387. The Balaban J connectivity index is 1.81. The zero-order valence-electron chi connectivity index (χ0n) is 15.3. The van der Waals surface area contributed by atoms with Crippen molar-refractivity contribution in [2.45, 2.75) is 9.79 Å². The fourth-order valence-corrected chi connectivity index (χ4v) is 3.74. The van der Waals surface area contributed by atoms with Gasteiger partial charge in [-0.15, -0.1) is 0 Å². The molecule has 2 aromatic carbocycles. The number of methoxy groups -OCH3 is 1. The molecule has 0 aromatic heterocycles. The molecule has 0 radical (unpaired) electrons. The first-order valence-electron chi connectivity index (χ1n) is 8.56. The minimum atomic E-state index is -0.438. The summed E-state index contributed by atoms with van der Waals surface area (Å²) < 4.78 is 5.13. The van der Waals surface area contributed by atoms with Gasteiger partial charge in [-0.3, -0.25) is 14.9 Å². The highest BCUT2D eigenvalue weighted by atomic mass is 32.2. The molecule has 1 aliphatic rings. The molecule has 1 fully saturated rings. The number of amides is 1. The number of carbonyl (C=O) groups is 1. The van der Waals surface area contributed by atoms with Crippen LogP contribution in [0.1, 0.15) is 10.4 Å². The molecule has 0 N–H and O–H groups in total. The van der Waals surface area contributed by atoms with E-state index in [-0.39, 0.29) is 11.6 Å². The maximum Gasteiger partial charge on any atom is 0.284 e. The van der Waals surface area contributed by atoms with Crippen molar-refractivity contribution in [3.8, 4) is 5.75 Å². The molecule has 27 heavy (non-hydrogen) atoms. The molecule has 0 aliphatic carbocycles. The van der Waals surface area contributed by atoms with E-state index in [1.807, 2.05) is 19.2 Å². The van der Waals surface area contributed by atoms with Gasteiger partial charge in [-0.1, -0.05) is 11.8 Å². The van der Waals surface area contributed by atoms with Gasteiger partial charge in [0.1, 0.15) is 5.75 Å². The molecule has 1 heterocycles. The van der Waals surface area contributed by atoms with Gasteiger partial charge in [-0.25, -0.2) is 0 Å². The molecule has 0 unspecified atom stereocenters. The van der Waals surface area contributed by atoms with Crippen LogP contribution in [0.2, 0.25) is 0 Å². The number of carbonyl (C=O) groups excluding carboxylic acids is 1. The van der Waals surface area contributed by atoms with Gasteiger partial charge in [0.2, 0.25) is 0 Å². The highest BCUT2D eigenvalue weighted by molar-refractivity contribution is 7.99. The van der Waals surface area contributed by atoms with Crippen molar-refractivity contribution in [3.63, 3.8) is 0 Å². The summed E-state index contributed by atoms with van der Waals surface area (Å²) in [6.45, 7) is 2.87. The van der Waals surface area contributed by atoms with Gasteiger partial charge in [-0.05, 0) is 43.4 Å². The third-order valence-electron chi connectivity index (χ3n) is 4.48. The Bertz CT molecular complexity index is 833. The quantitative estimate of drug-likeness (QED) is 0.579. The van der Waals surface area contributed by atoms with Gasteiger partial charge in [0.15, 0.2) is 0 Å². The van der Waals surface area contributed by atoms with Crippen LogP contribution in [-0.4, -0.2) is 61.0 Å². The molecule has 0 spiro atoms. The number of ether oxygens (including phenoxy) is 1. The Labute approximate surface area is 162 Å². The molecular formula is C19H21N3O4S. The van der Waals surface area contributed by atoms with Crippen molar-refractivity contribution in [3.05, 3.63) is 58.1 Å². The topological polar surface area (TPSA) is 75.9 Å². The van der Waals surface area contributed by atoms with Crippen LogP contribution in [0, 0.1) is 10.1 Å². The Morgan fingerprint density at radius 1 is 1.11 bits per heavy atom. The first-order chi connectivity index (χ1) is 13.0. The number of piperazine rings is 1. The summed E-state index contributed by atoms with van der Waals surface area (Å²) in [4.78, 5) is 29.1. The molecule has 7 nitrogen and oxygen atoms in total. The summed E-state index contributed by atoms with van der Waals surface area (Å²) in [5, 5.41) is 11.5. The summed E-state index contributed by atoms with van der Waals surface area (Å²) in [5.74, 6) is 0.564. The lowest BCUT2D eigenvalue weighted by Crippen LogP contribution is -2.47. The number of rotatable bonds is 5. The largest absolute Gasteiger partial charge is 0.497 e. The fraction of sp³-hybridized carbons (Fsp3) is 0.316. The minimum Gasteiger partial charge on any atom is -0.497 e. The van der Waals surface area contributed by atoms with E-state index in [1.54, 1.807) is 36.3 Å². The third kappa shape index (κ3) is 4.58. The second kappa shape index (κ2) is 8.41. The third-order valence-corrected chi connectivity index (χ3v) is 5.55. The normalized spacial score (nSPS) is 14.8. The predicted octanol–water partition coefficient (Wildman–Crippen LogP) is 3.14. The first-order valence-corrected chi connectivity index (χ1v) is 9.38. The molecule has 1 aliphatic heterocycles. The molecule has 3 rings (SSSR count). The number of hydrogen-bond donors (Lipinski definition) is 0. The second-order valence-corrected chi connectivity index (χ2v) is 7.43. The SMILES string of the molecule is COc1ccc(Sc2ccc(C(=O)N3CCN(C)CC3)cc2[N+](=O)[O-])cc1. The van der Waals surface area contributed by atoms with E-state index >= 15 is 0 Å². The van der Waals surface area contributed by atoms with Crippen molar-refractivity contribution >= 4 is 23.4 Å². The van der Waals surface area contributed by atoms with Crippen LogP contribution in [-0.2, 0) is 0 Å². The van der Waals surface area contributed by atoms with Gasteiger partial charge < -0.3 is 14.5 Å². The molecule has 0 atom stereocenters. The van der Waals surface area contributed by atoms with Crippen LogP contribution in [0.25, 0.3) is 0 Å². The number of benzene rings is 2. The zero-order chi connectivity index (χ0) is 19.4. The van der Waals surface area contributed by atoms with Gasteiger partial charge in [0, 0.05) is 42.7 Å². The Hall–Kier alpha value is -2.58. The minimum absolute atomic E-state index is 0.0594. The molecule has 0 saturated carbocycles. The Morgan fingerprint density at radius 2 is 1.78 bits per heavy atom. The van der Waals surface area contributed by atoms with Gasteiger partial charge >= 0.3 is 0 Å². The lowest BCUT2D eigenvalue weighted by Gasteiger charge is -2.32. The van der Waals surface area contributed by atoms with Crippen LogP contribution >= 0.6 is 11.8 Å². The van der Waals surface area contributed by atoms with E-state index in [4.69, 9.17) is 4.74 Å². The highest BCUT2D eigenvalue weighted by Gasteiger charge is 2.24. The summed E-state index contributed by atoms with van der Waals surface area (Å²) in [7, 11) is 3.60. The maximum atomic E-state index is 12.7. The maximum absolute atomic E-state index is 12.7. The highest BCUT2D eigenvalue weighted by Crippen LogP contribution is 2.36. The van der Waals surface area contributed by atoms with E-state index in [1.165, 1.54) is 17.8 Å². The van der Waals surface area contributed by atoms with E-state index in [0.29, 0.717) is 23.5 Å². The smallest absolute Gasteiger partial charge is 0.284 e. The summed E-state index contributed by atoms with van der Waals surface area (Å²) >= 11 is 1.29. The average Bonchev–Trinajstić information content (AvgIpc) is 2.69. The Morgan fingerprint density at radius 3 is 2.37 bits per heavy atom. The van der Waals surface area contributed by atoms with E-state index in [9.17, 15) is 14.9 Å². The van der Waals surface area contributed by atoms with Crippen LogP contribution in [0.4, 0.5) is 5.69 Å². The monoisotopic (exact) mass is 387 g/mol. The van der Waals surface area contributed by atoms with Crippen LogP contribution < -0.4 is 4.74 Å². The lowest BCUT2D eigenvalue weighted by atomic mass is 10.1. The van der Waals surface area contributed by atoms with Crippen LogP contribution in [0.15, 0.2) is 52.3 Å². The Kier molecular flexibility index (Phi) is 5.98. The standard InChI is InChI=1S/C19H21N3O4S/c1-20-9-11-21(12-10-20)19(23)14-3-8-18(17(13-14)22(24)25)27-16-6-4-15(26-2)5-7-16/h3-8,13H,9-12H2,1-2H3. The molecule has 2 aromatic rings.